The Kier molecular flexibility index (Phi) is 11.9. The number of rotatable bonds is 10. The summed E-state index contributed by atoms with van der Waals surface area (Å²) < 4.78 is 5.67. The molecule has 0 spiro atoms. The van der Waals surface area contributed by atoms with Gasteiger partial charge < -0.3 is 4.74 Å². The first-order chi connectivity index (χ1) is 7.66. The Morgan fingerprint density at radius 3 is 2.06 bits per heavy atom. The van der Waals surface area contributed by atoms with Gasteiger partial charge in [0.2, 0.25) is 4.38 Å². The highest BCUT2D eigenvalue weighted by Gasteiger charge is 2.02. The van der Waals surface area contributed by atoms with Crippen molar-refractivity contribution in [3.63, 3.8) is 0 Å². The van der Waals surface area contributed by atoms with E-state index < -0.39 is 0 Å². The Labute approximate surface area is 112 Å². The van der Waals surface area contributed by atoms with E-state index in [1.807, 2.05) is 0 Å². The summed E-state index contributed by atoms with van der Waals surface area (Å²) in [6.45, 7) is 4.32. The Balaban J connectivity index is 3.11. The molecule has 96 valence electrons. The van der Waals surface area contributed by atoms with Crippen LogP contribution in [0.1, 0.15) is 71.6 Å². The molecule has 0 aromatic carbocycles. The zero-order chi connectivity index (χ0) is 12.2. The van der Waals surface area contributed by atoms with Crippen LogP contribution in [-0.4, -0.2) is 10.5 Å². The summed E-state index contributed by atoms with van der Waals surface area (Å²) in [5.74, 6) is 0. The first-order valence-corrected chi connectivity index (χ1v) is 7.42. The predicted octanol–water partition coefficient (Wildman–Crippen LogP) is 5.14. The van der Waals surface area contributed by atoms with Crippen LogP contribution in [0.4, 0.5) is 0 Å². The van der Waals surface area contributed by atoms with Gasteiger partial charge in [-0.05, 0) is 32.0 Å². The van der Waals surface area contributed by atoms with Gasteiger partial charge in [0.1, 0.15) is 0 Å². The summed E-state index contributed by atoms with van der Waals surface area (Å²) in [6.07, 6.45) is 12.2. The highest BCUT2D eigenvalue weighted by Crippen LogP contribution is 2.12. The molecule has 0 aliphatic rings. The number of unbranched alkanes of at least 4 members (excludes halogenated alkanes) is 7. The van der Waals surface area contributed by atoms with Gasteiger partial charge >= 0.3 is 0 Å². The summed E-state index contributed by atoms with van der Waals surface area (Å²) in [5, 5.41) is 0. The summed E-state index contributed by atoms with van der Waals surface area (Å²) in [7, 11) is 0. The number of thiocarbonyl (C=S) groups is 1. The molecule has 16 heavy (non-hydrogen) atoms. The van der Waals surface area contributed by atoms with Gasteiger partial charge in [-0.1, -0.05) is 64.5 Å². The number of ether oxygens (including phenoxy) is 1. The third-order valence-corrected chi connectivity index (χ3v) is 2.97. The molecular weight excluding hydrogens is 236 g/mol. The van der Waals surface area contributed by atoms with Crippen LogP contribution in [-0.2, 0) is 4.74 Å². The van der Waals surface area contributed by atoms with E-state index in [4.69, 9.17) is 17.0 Å². The molecule has 0 rings (SSSR count). The van der Waals surface area contributed by atoms with Crippen LogP contribution in [0.15, 0.2) is 0 Å². The Morgan fingerprint density at radius 1 is 1.06 bits per heavy atom. The lowest BCUT2D eigenvalue weighted by molar-refractivity contribution is 0.206. The normalized spacial score (nSPS) is 12.4. The minimum atomic E-state index is 0.227. The lowest BCUT2D eigenvalue weighted by Gasteiger charge is -2.12. The van der Waals surface area contributed by atoms with Gasteiger partial charge in [0, 0.05) is 0 Å². The fourth-order valence-corrected chi connectivity index (χ4v) is 2.14. The van der Waals surface area contributed by atoms with Crippen molar-refractivity contribution in [2.45, 2.75) is 77.7 Å². The fourth-order valence-electron chi connectivity index (χ4n) is 1.80. The molecule has 0 radical (unpaired) electrons. The van der Waals surface area contributed by atoms with Crippen LogP contribution in [0.2, 0.25) is 0 Å². The maximum Gasteiger partial charge on any atom is 0.217 e. The molecule has 0 fully saturated rings. The molecule has 0 saturated heterocycles. The SMILES string of the molecule is CCCCCCCCCCC(C)OC(=S)S. The average Bonchev–Trinajstić information content (AvgIpc) is 2.21. The number of hydrogen-bond donors (Lipinski definition) is 1. The standard InChI is InChI=1S/C13H26OS2/c1-3-4-5-6-7-8-9-10-11-12(2)14-13(15)16/h12H,3-11H2,1-2H3,(H,15,16). The van der Waals surface area contributed by atoms with E-state index >= 15 is 0 Å². The second-order valence-corrected chi connectivity index (χ2v) is 5.54. The van der Waals surface area contributed by atoms with Crippen LogP contribution in [0.5, 0.6) is 0 Å². The van der Waals surface area contributed by atoms with E-state index in [0.29, 0.717) is 4.38 Å². The molecule has 0 aliphatic heterocycles. The topological polar surface area (TPSA) is 9.23 Å². The fraction of sp³-hybridized carbons (Fsp3) is 0.923. The molecule has 0 aliphatic carbocycles. The van der Waals surface area contributed by atoms with Gasteiger partial charge in [-0.15, -0.1) is 0 Å². The predicted molar refractivity (Wildman–Crippen MR) is 79.4 cm³/mol. The second-order valence-electron chi connectivity index (χ2n) is 4.46. The Bertz CT molecular complexity index is 171. The van der Waals surface area contributed by atoms with E-state index in [2.05, 4.69) is 26.5 Å². The van der Waals surface area contributed by atoms with E-state index in [0.717, 1.165) is 6.42 Å². The minimum absolute atomic E-state index is 0.227. The molecule has 0 aromatic rings. The van der Waals surface area contributed by atoms with Crippen molar-refractivity contribution in [1.29, 1.82) is 0 Å². The van der Waals surface area contributed by atoms with Crippen molar-refractivity contribution in [2.75, 3.05) is 0 Å². The highest BCUT2D eigenvalue weighted by atomic mass is 32.1. The summed E-state index contributed by atoms with van der Waals surface area (Å²) in [6, 6.07) is 0. The third kappa shape index (κ3) is 12.3. The van der Waals surface area contributed by atoms with Crippen molar-refractivity contribution in [3.8, 4) is 0 Å². The van der Waals surface area contributed by atoms with E-state index in [1.54, 1.807) is 0 Å². The second kappa shape index (κ2) is 11.7. The van der Waals surface area contributed by atoms with Crippen molar-refractivity contribution >= 4 is 29.2 Å². The summed E-state index contributed by atoms with van der Waals surface area (Å²) >= 11 is 8.73. The summed E-state index contributed by atoms with van der Waals surface area (Å²) in [5.41, 5.74) is 0. The summed E-state index contributed by atoms with van der Waals surface area (Å²) in [4.78, 5) is 0. The van der Waals surface area contributed by atoms with Crippen molar-refractivity contribution < 1.29 is 4.74 Å². The highest BCUT2D eigenvalue weighted by molar-refractivity contribution is 8.10. The molecule has 0 N–H and O–H groups in total. The quantitative estimate of drug-likeness (QED) is 0.332. The Hall–Kier alpha value is 0.240. The monoisotopic (exact) mass is 262 g/mol. The minimum Gasteiger partial charge on any atom is -0.476 e. The van der Waals surface area contributed by atoms with Crippen LogP contribution in [0.3, 0.4) is 0 Å². The van der Waals surface area contributed by atoms with E-state index in [9.17, 15) is 0 Å². The van der Waals surface area contributed by atoms with Crippen LogP contribution in [0.25, 0.3) is 0 Å². The Morgan fingerprint density at radius 2 is 1.56 bits per heavy atom. The molecule has 1 unspecified atom stereocenters. The first kappa shape index (κ1) is 16.2. The van der Waals surface area contributed by atoms with Gasteiger partial charge in [0.25, 0.3) is 0 Å². The van der Waals surface area contributed by atoms with Gasteiger partial charge in [0.05, 0.1) is 6.10 Å². The van der Waals surface area contributed by atoms with Gasteiger partial charge in [-0.3, -0.25) is 0 Å². The lowest BCUT2D eigenvalue weighted by Crippen LogP contribution is -2.09. The van der Waals surface area contributed by atoms with Crippen LogP contribution >= 0.6 is 24.8 Å². The molecule has 1 atom stereocenters. The zero-order valence-electron chi connectivity index (χ0n) is 10.7. The van der Waals surface area contributed by atoms with Crippen molar-refractivity contribution in [1.82, 2.24) is 0 Å². The molecule has 0 aromatic heterocycles. The molecule has 0 saturated carbocycles. The van der Waals surface area contributed by atoms with E-state index in [1.165, 1.54) is 51.4 Å². The molecule has 0 amide bonds. The van der Waals surface area contributed by atoms with Gasteiger partial charge in [-0.2, -0.15) is 0 Å². The molecule has 3 heteroatoms. The average molecular weight is 262 g/mol. The van der Waals surface area contributed by atoms with Crippen LogP contribution in [0, 0.1) is 0 Å². The zero-order valence-corrected chi connectivity index (χ0v) is 12.4. The lowest BCUT2D eigenvalue weighted by atomic mass is 10.1. The molecular formula is C13H26OS2. The third-order valence-electron chi connectivity index (χ3n) is 2.77. The van der Waals surface area contributed by atoms with E-state index in [-0.39, 0.29) is 6.10 Å². The molecule has 1 nitrogen and oxygen atoms in total. The van der Waals surface area contributed by atoms with Gasteiger partial charge in [-0.25, -0.2) is 0 Å². The smallest absolute Gasteiger partial charge is 0.217 e. The van der Waals surface area contributed by atoms with Crippen LogP contribution < -0.4 is 0 Å². The number of thiol groups is 1. The maximum atomic E-state index is 5.31. The van der Waals surface area contributed by atoms with Crippen molar-refractivity contribution in [2.24, 2.45) is 0 Å². The number of hydrogen-bond acceptors (Lipinski definition) is 2. The largest absolute Gasteiger partial charge is 0.476 e. The molecule has 0 bridgehead atoms. The maximum absolute atomic E-state index is 5.31. The first-order valence-electron chi connectivity index (χ1n) is 6.56. The molecule has 0 heterocycles. The van der Waals surface area contributed by atoms with Crippen molar-refractivity contribution in [3.05, 3.63) is 0 Å². The van der Waals surface area contributed by atoms with Gasteiger partial charge in [0.15, 0.2) is 0 Å².